The van der Waals surface area contributed by atoms with Crippen LogP contribution in [0.1, 0.15) is 32.6 Å². The third-order valence-corrected chi connectivity index (χ3v) is 4.83. The van der Waals surface area contributed by atoms with Crippen molar-refractivity contribution in [1.29, 1.82) is 0 Å². The number of rotatable bonds is 5. The molecule has 1 aliphatic rings. The van der Waals surface area contributed by atoms with Crippen LogP contribution in [0.25, 0.3) is 0 Å². The van der Waals surface area contributed by atoms with Crippen molar-refractivity contribution in [3.8, 4) is 5.75 Å². The molecule has 0 spiro atoms. The molecule has 0 aliphatic heterocycles. The molecule has 1 aromatic carbocycles. The number of hydrogen-bond acceptors (Lipinski definition) is 2. The molecule has 1 N–H and O–H groups in total. The number of ether oxygens (including phenoxy) is 1. The molecule has 100 valence electrons. The maximum Gasteiger partial charge on any atom is 0.135 e. The monoisotopic (exact) mass is 375 g/mol. The Balaban J connectivity index is 2.02. The fraction of sp³-hybridized carbons (Fsp3) is 0.571. The fourth-order valence-electron chi connectivity index (χ4n) is 2.35. The summed E-state index contributed by atoms with van der Waals surface area (Å²) in [5, 5.41) is 3.56. The third-order valence-electron chi connectivity index (χ3n) is 3.56. The molecule has 0 heterocycles. The van der Waals surface area contributed by atoms with Crippen molar-refractivity contribution in [2.45, 2.75) is 38.6 Å². The zero-order valence-electron chi connectivity index (χ0n) is 10.8. The number of halogens is 2. The van der Waals surface area contributed by atoms with Gasteiger partial charge in [-0.25, -0.2) is 0 Å². The van der Waals surface area contributed by atoms with Crippen LogP contribution in [0, 0.1) is 5.92 Å². The van der Waals surface area contributed by atoms with Gasteiger partial charge in [-0.15, -0.1) is 0 Å². The highest BCUT2D eigenvalue weighted by Crippen LogP contribution is 2.36. The van der Waals surface area contributed by atoms with Gasteiger partial charge in [0.15, 0.2) is 0 Å². The standard InChI is InChI=1S/C14H19Br2NO/c1-9(6-10-4-3-5-10)17-13-8-14(18-2)12(16)7-11(13)15/h7-10,17H,3-6H2,1-2H3. The zero-order valence-corrected chi connectivity index (χ0v) is 14.0. The van der Waals surface area contributed by atoms with E-state index in [9.17, 15) is 0 Å². The maximum absolute atomic E-state index is 5.33. The van der Waals surface area contributed by atoms with E-state index in [4.69, 9.17) is 4.74 Å². The second kappa shape index (κ2) is 6.29. The topological polar surface area (TPSA) is 21.3 Å². The van der Waals surface area contributed by atoms with Crippen LogP contribution in [-0.2, 0) is 0 Å². The van der Waals surface area contributed by atoms with Gasteiger partial charge in [-0.3, -0.25) is 0 Å². The van der Waals surface area contributed by atoms with Crippen LogP contribution in [0.5, 0.6) is 5.75 Å². The van der Waals surface area contributed by atoms with Crippen LogP contribution >= 0.6 is 31.9 Å². The molecule has 0 bridgehead atoms. The second-order valence-corrected chi connectivity index (χ2v) is 6.75. The molecule has 1 saturated carbocycles. The lowest BCUT2D eigenvalue weighted by Crippen LogP contribution is -2.23. The predicted molar refractivity (Wildman–Crippen MR) is 83.4 cm³/mol. The number of methoxy groups -OCH3 is 1. The Morgan fingerprint density at radius 2 is 2.06 bits per heavy atom. The van der Waals surface area contributed by atoms with Gasteiger partial charge in [-0.1, -0.05) is 19.3 Å². The van der Waals surface area contributed by atoms with E-state index in [1.807, 2.05) is 12.1 Å². The van der Waals surface area contributed by atoms with Crippen molar-refractivity contribution in [3.05, 3.63) is 21.1 Å². The molecule has 1 fully saturated rings. The van der Waals surface area contributed by atoms with E-state index in [0.717, 1.165) is 26.3 Å². The van der Waals surface area contributed by atoms with Crippen LogP contribution in [0.3, 0.4) is 0 Å². The van der Waals surface area contributed by atoms with Crippen molar-refractivity contribution < 1.29 is 4.74 Å². The fourth-order valence-corrected chi connectivity index (χ4v) is 3.62. The Morgan fingerprint density at radius 1 is 1.33 bits per heavy atom. The summed E-state index contributed by atoms with van der Waals surface area (Å²) in [7, 11) is 1.69. The first-order chi connectivity index (χ1) is 8.60. The van der Waals surface area contributed by atoms with Gasteiger partial charge < -0.3 is 10.1 Å². The molecule has 0 amide bonds. The average Bonchev–Trinajstić information content (AvgIpc) is 2.27. The van der Waals surface area contributed by atoms with Crippen LogP contribution in [-0.4, -0.2) is 13.2 Å². The van der Waals surface area contributed by atoms with Gasteiger partial charge in [0.05, 0.1) is 17.3 Å². The summed E-state index contributed by atoms with van der Waals surface area (Å²) >= 11 is 7.07. The van der Waals surface area contributed by atoms with Crippen molar-refractivity contribution in [3.63, 3.8) is 0 Å². The minimum absolute atomic E-state index is 0.498. The van der Waals surface area contributed by atoms with Crippen molar-refractivity contribution in [2.75, 3.05) is 12.4 Å². The Bertz CT molecular complexity index is 419. The van der Waals surface area contributed by atoms with Crippen LogP contribution in [0.15, 0.2) is 21.1 Å². The average molecular weight is 377 g/mol. The zero-order chi connectivity index (χ0) is 13.1. The molecule has 1 aromatic rings. The van der Waals surface area contributed by atoms with Gasteiger partial charge in [-0.2, -0.15) is 0 Å². The third kappa shape index (κ3) is 3.41. The highest BCUT2D eigenvalue weighted by molar-refractivity contribution is 9.11. The lowest BCUT2D eigenvalue weighted by molar-refractivity contribution is 0.286. The molecular weight excluding hydrogens is 358 g/mol. The van der Waals surface area contributed by atoms with E-state index in [1.165, 1.54) is 25.7 Å². The van der Waals surface area contributed by atoms with Crippen LogP contribution in [0.2, 0.25) is 0 Å². The van der Waals surface area contributed by atoms with E-state index in [2.05, 4.69) is 44.1 Å². The molecule has 2 nitrogen and oxygen atoms in total. The normalized spacial score (nSPS) is 17.1. The molecule has 1 atom stereocenters. The summed E-state index contributed by atoms with van der Waals surface area (Å²) in [6.45, 7) is 2.25. The molecular formula is C14H19Br2NO. The van der Waals surface area contributed by atoms with Crippen LogP contribution in [0.4, 0.5) is 5.69 Å². The maximum atomic E-state index is 5.33. The highest BCUT2D eigenvalue weighted by atomic mass is 79.9. The summed E-state index contributed by atoms with van der Waals surface area (Å²) < 4.78 is 7.36. The highest BCUT2D eigenvalue weighted by Gasteiger charge is 2.20. The molecule has 1 unspecified atom stereocenters. The smallest absolute Gasteiger partial charge is 0.135 e. The van der Waals surface area contributed by atoms with Gasteiger partial charge in [-0.05, 0) is 57.2 Å². The summed E-state index contributed by atoms with van der Waals surface area (Å²) in [6, 6.07) is 4.56. The summed E-state index contributed by atoms with van der Waals surface area (Å²) in [6.07, 6.45) is 5.46. The number of benzene rings is 1. The van der Waals surface area contributed by atoms with E-state index in [-0.39, 0.29) is 0 Å². The summed E-state index contributed by atoms with van der Waals surface area (Å²) in [4.78, 5) is 0. The van der Waals surface area contributed by atoms with E-state index in [1.54, 1.807) is 7.11 Å². The van der Waals surface area contributed by atoms with Gasteiger partial charge in [0, 0.05) is 16.6 Å². The Hall–Kier alpha value is -0.220. The summed E-state index contributed by atoms with van der Waals surface area (Å²) in [5.74, 6) is 1.78. The molecule has 0 saturated heterocycles. The Morgan fingerprint density at radius 3 is 2.61 bits per heavy atom. The van der Waals surface area contributed by atoms with Crippen LogP contribution < -0.4 is 10.1 Å². The summed E-state index contributed by atoms with van der Waals surface area (Å²) in [5.41, 5.74) is 1.10. The molecule has 2 rings (SSSR count). The number of nitrogens with one attached hydrogen (secondary N) is 1. The minimum atomic E-state index is 0.498. The molecule has 4 heteroatoms. The first-order valence-electron chi connectivity index (χ1n) is 6.39. The van der Waals surface area contributed by atoms with Gasteiger partial charge in [0.1, 0.15) is 5.75 Å². The lowest BCUT2D eigenvalue weighted by atomic mass is 9.81. The molecule has 0 radical (unpaired) electrons. The van der Waals surface area contributed by atoms with E-state index >= 15 is 0 Å². The van der Waals surface area contributed by atoms with Gasteiger partial charge in [0.25, 0.3) is 0 Å². The van der Waals surface area contributed by atoms with Crippen molar-refractivity contribution >= 4 is 37.5 Å². The predicted octanol–water partition coefficient (Wildman–Crippen LogP) is 5.21. The molecule has 0 aromatic heterocycles. The number of anilines is 1. The first-order valence-corrected chi connectivity index (χ1v) is 7.98. The quantitative estimate of drug-likeness (QED) is 0.761. The Labute approximate surface area is 126 Å². The van der Waals surface area contributed by atoms with Gasteiger partial charge >= 0.3 is 0 Å². The molecule has 1 aliphatic carbocycles. The molecule has 18 heavy (non-hydrogen) atoms. The van der Waals surface area contributed by atoms with Gasteiger partial charge in [0.2, 0.25) is 0 Å². The largest absolute Gasteiger partial charge is 0.495 e. The Kier molecular flexibility index (Phi) is 4.96. The SMILES string of the molecule is COc1cc(NC(C)CC2CCC2)c(Br)cc1Br. The minimum Gasteiger partial charge on any atom is -0.495 e. The number of hydrogen-bond donors (Lipinski definition) is 1. The van der Waals surface area contributed by atoms with E-state index in [0.29, 0.717) is 6.04 Å². The van der Waals surface area contributed by atoms with Crippen molar-refractivity contribution in [1.82, 2.24) is 0 Å². The van der Waals surface area contributed by atoms with E-state index < -0.39 is 0 Å². The lowest BCUT2D eigenvalue weighted by Gasteiger charge is -2.29. The van der Waals surface area contributed by atoms with Crippen molar-refractivity contribution in [2.24, 2.45) is 5.92 Å². The first kappa shape index (κ1) is 14.2. The second-order valence-electron chi connectivity index (χ2n) is 5.04.